The summed E-state index contributed by atoms with van der Waals surface area (Å²) in [6, 6.07) is 12.0. The van der Waals surface area contributed by atoms with Gasteiger partial charge in [-0.1, -0.05) is 17.7 Å². The van der Waals surface area contributed by atoms with E-state index in [1.807, 2.05) is 6.07 Å². The van der Waals surface area contributed by atoms with Gasteiger partial charge in [-0.2, -0.15) is 0 Å². The summed E-state index contributed by atoms with van der Waals surface area (Å²) in [4.78, 5) is 29.2. The number of aryl methyl sites for hydroxylation is 1. The third-order valence-electron chi connectivity index (χ3n) is 5.11. The maximum Gasteiger partial charge on any atom is 0.338 e. The molecule has 4 rings (SSSR count). The van der Waals surface area contributed by atoms with Gasteiger partial charge in [0.25, 0.3) is 5.91 Å². The van der Waals surface area contributed by atoms with Crippen molar-refractivity contribution in [2.45, 2.75) is 32.6 Å². The highest BCUT2D eigenvalue weighted by Gasteiger charge is 2.18. The maximum atomic E-state index is 12.7. The Balaban J connectivity index is 1.56. The van der Waals surface area contributed by atoms with E-state index in [1.165, 1.54) is 0 Å². The Morgan fingerprint density at radius 3 is 2.55 bits per heavy atom. The Bertz CT molecular complexity index is 1090. The number of pyridine rings is 1. The highest BCUT2D eigenvalue weighted by molar-refractivity contribution is 6.36. The molecule has 5 nitrogen and oxygen atoms in total. The van der Waals surface area contributed by atoms with E-state index in [0.717, 1.165) is 52.9 Å². The molecule has 1 aromatic heterocycles. The van der Waals surface area contributed by atoms with Crippen molar-refractivity contribution < 1.29 is 14.3 Å². The number of amides is 1. The molecular weight excluding hydrogens is 388 g/mol. The van der Waals surface area contributed by atoms with E-state index in [2.05, 4.69) is 5.32 Å². The molecule has 1 aliphatic rings. The van der Waals surface area contributed by atoms with E-state index in [1.54, 1.807) is 43.3 Å². The summed E-state index contributed by atoms with van der Waals surface area (Å²) in [6.07, 6.45) is 4.13. The summed E-state index contributed by atoms with van der Waals surface area (Å²) in [5.41, 5.74) is 4.47. The van der Waals surface area contributed by atoms with Crippen LogP contribution in [0.1, 0.15) is 51.7 Å². The number of benzene rings is 2. The Morgan fingerprint density at radius 1 is 1.07 bits per heavy atom. The van der Waals surface area contributed by atoms with Crippen molar-refractivity contribution in [3.05, 3.63) is 69.9 Å². The molecule has 0 spiro atoms. The number of carbonyl (C=O) groups excluding carboxylic acids is 2. The molecule has 0 aliphatic heterocycles. The van der Waals surface area contributed by atoms with Crippen LogP contribution in [-0.4, -0.2) is 23.5 Å². The lowest BCUT2D eigenvalue weighted by atomic mass is 9.94. The number of ether oxygens (including phenoxy) is 1. The largest absolute Gasteiger partial charge is 0.462 e. The lowest BCUT2D eigenvalue weighted by Crippen LogP contribution is -2.13. The van der Waals surface area contributed by atoms with E-state index in [0.29, 0.717) is 23.4 Å². The number of anilines is 1. The summed E-state index contributed by atoms with van der Waals surface area (Å²) in [7, 11) is 0. The van der Waals surface area contributed by atoms with E-state index in [4.69, 9.17) is 21.3 Å². The van der Waals surface area contributed by atoms with Crippen LogP contribution in [0.25, 0.3) is 10.9 Å². The number of halogens is 1. The molecule has 0 bridgehead atoms. The van der Waals surface area contributed by atoms with Gasteiger partial charge in [-0.3, -0.25) is 9.78 Å². The fourth-order valence-corrected chi connectivity index (χ4v) is 3.98. The number of nitrogens with zero attached hydrogens (tertiary/aromatic N) is 1. The molecule has 3 aromatic rings. The van der Waals surface area contributed by atoms with Crippen molar-refractivity contribution in [3.8, 4) is 0 Å². The molecule has 0 fully saturated rings. The minimum absolute atomic E-state index is 0.244. The zero-order valence-electron chi connectivity index (χ0n) is 16.1. The third kappa shape index (κ3) is 3.96. The predicted octanol–water partition coefficient (Wildman–Crippen LogP) is 5.20. The van der Waals surface area contributed by atoms with Gasteiger partial charge < -0.3 is 10.1 Å². The van der Waals surface area contributed by atoms with Gasteiger partial charge in [0.15, 0.2) is 0 Å². The lowest BCUT2D eigenvalue weighted by molar-refractivity contribution is 0.0526. The van der Waals surface area contributed by atoms with Gasteiger partial charge in [-0.25, -0.2) is 4.79 Å². The quantitative estimate of drug-likeness (QED) is 0.603. The van der Waals surface area contributed by atoms with Crippen LogP contribution in [0.4, 0.5) is 5.69 Å². The first kappa shape index (κ1) is 19.4. The number of rotatable bonds is 4. The standard InChI is InChI=1S/C23H21ClN2O3/c1-2-29-23(28)14-7-10-16(11-8-14)25-22(27)15-9-12-18-20(13-15)26-19-6-4-3-5-17(19)21(18)24/h7-13H,2-6H2,1H3,(H,25,27). The number of hydrogen-bond acceptors (Lipinski definition) is 4. The highest BCUT2D eigenvalue weighted by Crippen LogP contribution is 2.33. The van der Waals surface area contributed by atoms with Crippen molar-refractivity contribution in [1.29, 1.82) is 0 Å². The van der Waals surface area contributed by atoms with Crippen molar-refractivity contribution in [1.82, 2.24) is 4.98 Å². The molecule has 0 saturated carbocycles. The summed E-state index contributed by atoms with van der Waals surface area (Å²) < 4.78 is 4.96. The van der Waals surface area contributed by atoms with E-state index < -0.39 is 0 Å². The van der Waals surface area contributed by atoms with Crippen LogP contribution >= 0.6 is 11.6 Å². The van der Waals surface area contributed by atoms with Gasteiger partial charge in [0.2, 0.25) is 0 Å². The monoisotopic (exact) mass is 408 g/mol. The molecule has 148 valence electrons. The molecule has 0 unspecified atom stereocenters. The Morgan fingerprint density at radius 2 is 1.79 bits per heavy atom. The van der Waals surface area contributed by atoms with Gasteiger partial charge in [-0.15, -0.1) is 0 Å². The van der Waals surface area contributed by atoms with Crippen LogP contribution < -0.4 is 5.32 Å². The third-order valence-corrected chi connectivity index (χ3v) is 5.54. The number of hydrogen-bond donors (Lipinski definition) is 1. The summed E-state index contributed by atoms with van der Waals surface area (Å²) in [5, 5.41) is 4.48. The number of aromatic nitrogens is 1. The number of nitrogens with one attached hydrogen (secondary N) is 1. The smallest absolute Gasteiger partial charge is 0.338 e. The minimum atomic E-state index is -0.383. The van der Waals surface area contributed by atoms with E-state index >= 15 is 0 Å². The molecule has 6 heteroatoms. The van der Waals surface area contributed by atoms with Crippen molar-refractivity contribution in [3.63, 3.8) is 0 Å². The van der Waals surface area contributed by atoms with Crippen LogP contribution in [0, 0.1) is 0 Å². The van der Waals surface area contributed by atoms with E-state index in [-0.39, 0.29) is 11.9 Å². The first-order valence-corrected chi connectivity index (χ1v) is 10.1. The van der Waals surface area contributed by atoms with Gasteiger partial charge in [0.1, 0.15) is 0 Å². The topological polar surface area (TPSA) is 68.3 Å². The molecule has 1 heterocycles. The van der Waals surface area contributed by atoms with Gasteiger partial charge in [-0.05, 0) is 74.6 Å². The average Bonchev–Trinajstić information content (AvgIpc) is 2.74. The second-order valence-electron chi connectivity index (χ2n) is 7.04. The molecule has 1 aliphatic carbocycles. The van der Waals surface area contributed by atoms with E-state index in [9.17, 15) is 9.59 Å². The Labute approximate surface area is 174 Å². The maximum absolute atomic E-state index is 12.7. The molecule has 0 saturated heterocycles. The van der Waals surface area contributed by atoms with Crippen molar-refractivity contribution >= 4 is 40.1 Å². The highest BCUT2D eigenvalue weighted by atomic mass is 35.5. The number of fused-ring (bicyclic) bond motifs is 2. The van der Waals surface area contributed by atoms with Gasteiger partial charge >= 0.3 is 5.97 Å². The predicted molar refractivity (Wildman–Crippen MR) is 114 cm³/mol. The molecule has 2 aromatic carbocycles. The number of esters is 1. The molecule has 0 radical (unpaired) electrons. The van der Waals surface area contributed by atoms with Gasteiger partial charge in [0, 0.05) is 22.3 Å². The SMILES string of the molecule is CCOC(=O)c1ccc(NC(=O)c2ccc3c(Cl)c4c(nc3c2)CCCC4)cc1. The van der Waals surface area contributed by atoms with Crippen LogP contribution in [0.15, 0.2) is 42.5 Å². The van der Waals surface area contributed by atoms with Crippen molar-refractivity contribution in [2.24, 2.45) is 0 Å². The fourth-order valence-electron chi connectivity index (χ4n) is 3.62. The molecule has 1 amide bonds. The zero-order chi connectivity index (χ0) is 20.4. The summed E-state index contributed by atoms with van der Waals surface area (Å²) in [5.74, 6) is -0.627. The normalized spacial score (nSPS) is 13.0. The molecule has 0 atom stereocenters. The van der Waals surface area contributed by atoms with Gasteiger partial charge in [0.05, 0.1) is 22.7 Å². The van der Waals surface area contributed by atoms with Crippen LogP contribution in [0.2, 0.25) is 5.02 Å². The van der Waals surface area contributed by atoms with Crippen LogP contribution in [0.3, 0.4) is 0 Å². The zero-order valence-corrected chi connectivity index (χ0v) is 16.9. The van der Waals surface area contributed by atoms with Crippen LogP contribution in [-0.2, 0) is 17.6 Å². The fraction of sp³-hybridized carbons (Fsp3) is 0.261. The number of carbonyl (C=O) groups is 2. The lowest BCUT2D eigenvalue weighted by Gasteiger charge is -2.18. The minimum Gasteiger partial charge on any atom is -0.462 e. The second kappa shape index (κ2) is 8.21. The first-order chi connectivity index (χ1) is 14.1. The second-order valence-corrected chi connectivity index (χ2v) is 7.42. The Kier molecular flexibility index (Phi) is 5.49. The summed E-state index contributed by atoms with van der Waals surface area (Å²) in [6.45, 7) is 2.08. The average molecular weight is 409 g/mol. The van der Waals surface area contributed by atoms with Crippen molar-refractivity contribution in [2.75, 3.05) is 11.9 Å². The molecule has 29 heavy (non-hydrogen) atoms. The molecular formula is C23H21ClN2O3. The van der Waals surface area contributed by atoms with Crippen LogP contribution in [0.5, 0.6) is 0 Å². The Hall–Kier alpha value is -2.92. The molecule has 1 N–H and O–H groups in total. The summed E-state index contributed by atoms with van der Waals surface area (Å²) >= 11 is 6.61. The first-order valence-electron chi connectivity index (χ1n) is 9.76.